The number of amides is 2. The summed E-state index contributed by atoms with van der Waals surface area (Å²) < 4.78 is 31.7. The number of anilines is 1. The van der Waals surface area contributed by atoms with Crippen molar-refractivity contribution in [3.05, 3.63) is 52.7 Å². The maximum atomic E-state index is 12.8. The van der Waals surface area contributed by atoms with Crippen LogP contribution in [0.4, 0.5) is 18.9 Å². The first kappa shape index (κ1) is 25.7. The van der Waals surface area contributed by atoms with Crippen LogP contribution in [0.2, 0.25) is 0 Å². The van der Waals surface area contributed by atoms with Crippen LogP contribution >= 0.6 is 11.3 Å². The Hall–Kier alpha value is -2.92. The minimum atomic E-state index is -5.08. The molecule has 7 nitrogen and oxygen atoms in total. The zero-order valence-corrected chi connectivity index (χ0v) is 19.4. The fraction of sp³-hybridized carbons (Fsp3) is 0.435. The molecule has 2 aliphatic heterocycles. The number of rotatable bonds is 4. The van der Waals surface area contributed by atoms with Crippen LogP contribution < -0.4 is 4.90 Å². The van der Waals surface area contributed by atoms with E-state index in [1.807, 2.05) is 51.9 Å². The molecule has 34 heavy (non-hydrogen) atoms. The van der Waals surface area contributed by atoms with Crippen LogP contribution in [0.3, 0.4) is 0 Å². The predicted octanol–water partition coefficient (Wildman–Crippen LogP) is 3.26. The molecule has 2 aromatic rings. The molecule has 0 radical (unpaired) electrons. The number of benzene rings is 1. The summed E-state index contributed by atoms with van der Waals surface area (Å²) in [4.78, 5) is 40.2. The van der Waals surface area contributed by atoms with E-state index >= 15 is 0 Å². The van der Waals surface area contributed by atoms with Crippen molar-refractivity contribution >= 4 is 34.8 Å². The van der Waals surface area contributed by atoms with Gasteiger partial charge in [0.2, 0.25) is 11.8 Å². The van der Waals surface area contributed by atoms with Gasteiger partial charge in [-0.1, -0.05) is 30.3 Å². The number of aliphatic carboxylic acids is 1. The Labute approximate surface area is 199 Å². The number of thiophene rings is 1. The van der Waals surface area contributed by atoms with Crippen LogP contribution in [0.15, 0.2) is 47.2 Å². The van der Waals surface area contributed by atoms with Gasteiger partial charge in [-0.2, -0.15) is 24.5 Å². The lowest BCUT2D eigenvalue weighted by Gasteiger charge is -2.46. The van der Waals surface area contributed by atoms with E-state index < -0.39 is 12.1 Å². The first-order chi connectivity index (χ1) is 16.0. The van der Waals surface area contributed by atoms with Gasteiger partial charge in [-0.3, -0.25) is 14.5 Å². The molecule has 1 aromatic heterocycles. The van der Waals surface area contributed by atoms with Gasteiger partial charge in [0, 0.05) is 31.4 Å². The average Bonchev–Trinajstić information content (AvgIpc) is 3.46. The predicted molar refractivity (Wildman–Crippen MR) is 122 cm³/mol. The van der Waals surface area contributed by atoms with Gasteiger partial charge in [0.05, 0.1) is 17.8 Å². The van der Waals surface area contributed by atoms with Crippen LogP contribution in [-0.4, -0.2) is 77.6 Å². The lowest BCUT2D eigenvalue weighted by Crippen LogP contribution is -2.64. The van der Waals surface area contributed by atoms with E-state index in [1.54, 1.807) is 11.3 Å². The number of piperazine rings is 1. The minimum Gasteiger partial charge on any atom is -0.475 e. The molecule has 0 saturated carbocycles. The summed E-state index contributed by atoms with van der Waals surface area (Å²) in [7, 11) is 2.01. The molecular weight excluding hydrogens is 471 g/mol. The average molecular weight is 498 g/mol. The lowest BCUT2D eigenvalue weighted by molar-refractivity contribution is -0.192. The number of alkyl halides is 3. The molecular formula is C23H26F3N3O4S. The van der Waals surface area contributed by atoms with E-state index in [-0.39, 0.29) is 17.4 Å². The normalized spacial score (nSPS) is 20.9. The highest BCUT2D eigenvalue weighted by atomic mass is 32.1. The number of aryl methyl sites for hydroxylation is 1. The largest absolute Gasteiger partial charge is 0.490 e. The van der Waals surface area contributed by atoms with Crippen molar-refractivity contribution in [3.8, 4) is 0 Å². The number of hydrogen-bond acceptors (Lipinski definition) is 5. The van der Waals surface area contributed by atoms with Crippen molar-refractivity contribution < 1.29 is 32.7 Å². The maximum absolute atomic E-state index is 12.8. The molecule has 184 valence electrons. The second-order valence-electron chi connectivity index (χ2n) is 8.40. The number of likely N-dealkylation sites (N-methyl/N-ethyl adjacent to an activating group) is 1. The molecule has 2 aliphatic rings. The zero-order chi connectivity index (χ0) is 24.9. The first-order valence-electron chi connectivity index (χ1n) is 10.7. The highest BCUT2D eigenvalue weighted by Crippen LogP contribution is 2.34. The Bertz CT molecular complexity index is 1000. The SMILES string of the molecule is CN1CC(=O)N(c2ccsc2)CC12CCN(C(=O)CCc1ccccc1)C2.O=C(O)C(F)(F)F. The van der Waals surface area contributed by atoms with E-state index in [4.69, 9.17) is 9.90 Å². The van der Waals surface area contributed by atoms with Crippen LogP contribution in [-0.2, 0) is 20.8 Å². The molecule has 1 atom stereocenters. The Morgan fingerprint density at radius 3 is 2.41 bits per heavy atom. The van der Waals surface area contributed by atoms with Gasteiger partial charge in [-0.15, -0.1) is 0 Å². The molecule has 0 aliphatic carbocycles. The molecule has 2 fully saturated rings. The summed E-state index contributed by atoms with van der Waals surface area (Å²) in [5, 5.41) is 11.1. The number of hydrogen-bond donors (Lipinski definition) is 1. The molecule has 2 saturated heterocycles. The molecule has 11 heteroatoms. The van der Waals surface area contributed by atoms with Gasteiger partial charge in [0.15, 0.2) is 0 Å². The summed E-state index contributed by atoms with van der Waals surface area (Å²) in [6, 6.07) is 12.2. The Kier molecular flexibility index (Phi) is 7.98. The van der Waals surface area contributed by atoms with E-state index in [1.165, 1.54) is 5.56 Å². The fourth-order valence-electron chi connectivity index (χ4n) is 4.17. The van der Waals surface area contributed by atoms with E-state index in [9.17, 15) is 22.8 Å². The standard InChI is InChI=1S/C21H25N3O2S.C2HF3O2/c1-22-13-20(26)24(18-9-12-27-14-18)16-21(22)10-11-23(15-21)19(25)8-7-17-5-3-2-4-6-17;3-2(4,5)1(6)7/h2-6,9,12,14H,7-8,10-11,13,15-16H2,1H3;(H,6,7). The molecule has 1 aromatic carbocycles. The number of likely N-dealkylation sites (tertiary alicyclic amines) is 1. The molecule has 2 amide bonds. The summed E-state index contributed by atoms with van der Waals surface area (Å²) in [6.07, 6.45) is -2.86. The third kappa shape index (κ3) is 6.15. The Balaban J connectivity index is 0.000000406. The van der Waals surface area contributed by atoms with Gasteiger partial charge < -0.3 is 14.9 Å². The van der Waals surface area contributed by atoms with Gasteiger partial charge in [0.1, 0.15) is 0 Å². The summed E-state index contributed by atoms with van der Waals surface area (Å²) in [5.74, 6) is -2.41. The smallest absolute Gasteiger partial charge is 0.475 e. The van der Waals surface area contributed by atoms with Crippen LogP contribution in [0.25, 0.3) is 0 Å². The summed E-state index contributed by atoms with van der Waals surface area (Å²) in [5.41, 5.74) is 2.04. The maximum Gasteiger partial charge on any atom is 0.490 e. The van der Waals surface area contributed by atoms with Crippen LogP contribution in [0.5, 0.6) is 0 Å². The summed E-state index contributed by atoms with van der Waals surface area (Å²) >= 11 is 1.60. The molecule has 1 N–H and O–H groups in total. The number of nitrogens with zero attached hydrogens (tertiary/aromatic N) is 3. The van der Waals surface area contributed by atoms with Crippen molar-refractivity contribution in [2.75, 3.05) is 38.1 Å². The van der Waals surface area contributed by atoms with Crippen molar-refractivity contribution in [2.45, 2.75) is 31.0 Å². The number of halogens is 3. The number of carbonyl (C=O) groups is 3. The third-order valence-electron chi connectivity index (χ3n) is 6.15. The summed E-state index contributed by atoms with van der Waals surface area (Å²) in [6.45, 7) is 2.53. The van der Waals surface area contributed by atoms with Crippen molar-refractivity contribution in [1.82, 2.24) is 9.80 Å². The minimum absolute atomic E-state index is 0.135. The highest BCUT2D eigenvalue weighted by molar-refractivity contribution is 7.08. The van der Waals surface area contributed by atoms with Gasteiger partial charge in [0.25, 0.3) is 0 Å². The van der Waals surface area contributed by atoms with Crippen molar-refractivity contribution in [3.63, 3.8) is 0 Å². The monoisotopic (exact) mass is 497 g/mol. The topological polar surface area (TPSA) is 81.2 Å². The van der Waals surface area contributed by atoms with Crippen LogP contribution in [0, 0.1) is 0 Å². The van der Waals surface area contributed by atoms with Crippen LogP contribution in [0.1, 0.15) is 18.4 Å². The molecule has 0 bridgehead atoms. The zero-order valence-electron chi connectivity index (χ0n) is 18.6. The van der Waals surface area contributed by atoms with Crippen molar-refractivity contribution in [1.29, 1.82) is 0 Å². The number of carboxylic acids is 1. The second-order valence-corrected chi connectivity index (χ2v) is 9.18. The van der Waals surface area contributed by atoms with Gasteiger partial charge in [-0.05, 0) is 36.9 Å². The van der Waals surface area contributed by atoms with E-state index in [0.29, 0.717) is 26.1 Å². The molecule has 4 rings (SSSR count). The molecule has 3 heterocycles. The second kappa shape index (κ2) is 10.6. The van der Waals surface area contributed by atoms with E-state index in [0.717, 1.165) is 25.1 Å². The third-order valence-corrected chi connectivity index (χ3v) is 6.82. The first-order valence-corrected chi connectivity index (χ1v) is 11.6. The number of carboxylic acid groups (broad SMARTS) is 1. The van der Waals surface area contributed by atoms with Crippen molar-refractivity contribution in [2.24, 2.45) is 0 Å². The fourth-order valence-corrected chi connectivity index (χ4v) is 4.81. The van der Waals surface area contributed by atoms with Gasteiger partial charge >= 0.3 is 12.1 Å². The Morgan fingerprint density at radius 2 is 1.82 bits per heavy atom. The number of carbonyl (C=O) groups excluding carboxylic acids is 2. The highest BCUT2D eigenvalue weighted by Gasteiger charge is 2.48. The molecule has 1 unspecified atom stereocenters. The quantitative estimate of drug-likeness (QED) is 0.702. The Morgan fingerprint density at radius 1 is 1.15 bits per heavy atom. The van der Waals surface area contributed by atoms with E-state index in [2.05, 4.69) is 17.0 Å². The lowest BCUT2D eigenvalue weighted by atomic mass is 9.93. The van der Waals surface area contributed by atoms with Gasteiger partial charge in [-0.25, -0.2) is 4.79 Å². The molecule has 1 spiro atoms.